The van der Waals surface area contributed by atoms with Gasteiger partial charge in [-0.05, 0) is 288 Å². The van der Waals surface area contributed by atoms with Gasteiger partial charge in [0.15, 0.2) is 29.4 Å². The van der Waals surface area contributed by atoms with Gasteiger partial charge in [0.05, 0.1) is 94.3 Å². The van der Waals surface area contributed by atoms with Crippen molar-refractivity contribution in [3.05, 3.63) is 438 Å². The maximum Gasteiger partial charge on any atom is 0.344 e. The number of rotatable bonds is 37. The SMILES string of the molecule is CCC(C)c1ccc(OC(=O)c2cccc(S(=O)(=O)[O-])c2)cc1.CCC(C)c1ccc(OC(=O)c2ccccc2S(=O)(=O)[O-])cc1.CCC(C)c1ccc2cc(OCCCS(=O)(=O)[O-])ccc2c1.CCC(C)c1cccc(COCc2ccc(S(=O)(=O)[O-])cc2)c1.CCC(C)c1cccc(OCCCS(=O)(=O)[O-])c1.c1ccc([S+](c2ccccc2)c2ccccc2)cc1.c1ccc([S+](c2ccccc2)c2ccccc2)cc1. The summed E-state index contributed by atoms with van der Waals surface area (Å²) >= 11 is 0. The van der Waals surface area contributed by atoms with E-state index in [4.69, 9.17) is 23.7 Å². The Morgan fingerprint density at radius 3 is 1.01 bits per heavy atom. The topological polar surface area (TPSA) is 366 Å². The number of carbonyl (C=O) groups excluding carboxylic acids is 2. The summed E-state index contributed by atoms with van der Waals surface area (Å²) in [4.78, 5) is 31.1. The highest BCUT2D eigenvalue weighted by Crippen LogP contribution is 2.35. The summed E-state index contributed by atoms with van der Waals surface area (Å²) in [6, 6.07) is 123. The van der Waals surface area contributed by atoms with Gasteiger partial charge in [-0.3, -0.25) is 0 Å². The highest BCUT2D eigenvalue weighted by atomic mass is 32.2. The average molecular weight is 2120 g/mol. The molecule has 15 aromatic carbocycles. The zero-order valence-electron chi connectivity index (χ0n) is 83.9. The highest BCUT2D eigenvalue weighted by Gasteiger charge is 2.30. The molecule has 0 aliphatic rings. The summed E-state index contributed by atoms with van der Waals surface area (Å²) < 4.78 is 189. The number of carbonyl (C=O) groups is 2. The first kappa shape index (κ1) is 118. The largest absolute Gasteiger partial charge is 0.748 e. The Hall–Kier alpha value is -12.7. The predicted octanol–water partition coefficient (Wildman–Crippen LogP) is 26.2. The fourth-order valence-electron chi connectivity index (χ4n) is 14.5. The first-order chi connectivity index (χ1) is 70.2. The third kappa shape index (κ3) is 40.5. The predicted molar refractivity (Wildman–Crippen MR) is 577 cm³/mol. The van der Waals surface area contributed by atoms with E-state index in [0.29, 0.717) is 60.1 Å². The molecule has 0 aliphatic carbocycles. The lowest BCUT2D eigenvalue weighted by Gasteiger charge is -2.13. The molecule has 15 rings (SSSR count). The monoisotopic (exact) mass is 2120 g/mol. The molecule has 0 saturated carbocycles. The molecule has 774 valence electrons. The summed E-state index contributed by atoms with van der Waals surface area (Å²) in [5.74, 6) is 2.03. The van der Waals surface area contributed by atoms with Gasteiger partial charge < -0.3 is 46.4 Å². The molecule has 22 nitrogen and oxygen atoms in total. The summed E-state index contributed by atoms with van der Waals surface area (Å²) in [6.07, 6.45) is 5.69. The molecule has 5 atom stereocenters. The van der Waals surface area contributed by atoms with Crippen molar-refractivity contribution in [1.29, 1.82) is 0 Å². The third-order valence-corrected chi connectivity index (χ3v) is 32.3. The first-order valence-electron chi connectivity index (χ1n) is 48.3. The van der Waals surface area contributed by atoms with Gasteiger partial charge in [0.1, 0.15) is 53.4 Å². The minimum Gasteiger partial charge on any atom is -0.748 e. The molecule has 0 fully saturated rings. The maximum absolute atomic E-state index is 12.1. The second-order valence-electron chi connectivity index (χ2n) is 34.5. The van der Waals surface area contributed by atoms with E-state index < -0.39 is 78.1 Å². The van der Waals surface area contributed by atoms with Crippen LogP contribution in [0.3, 0.4) is 0 Å². The molecule has 0 amide bonds. The number of fused-ring (bicyclic) bond motifs is 1. The van der Waals surface area contributed by atoms with E-state index in [9.17, 15) is 74.4 Å². The van der Waals surface area contributed by atoms with E-state index in [1.807, 2.05) is 78.9 Å². The fourth-order valence-corrected chi connectivity index (χ4v) is 21.3. The van der Waals surface area contributed by atoms with Crippen molar-refractivity contribution in [3.8, 4) is 23.0 Å². The van der Waals surface area contributed by atoms with E-state index in [-0.39, 0.29) is 69.6 Å². The van der Waals surface area contributed by atoms with Crippen molar-refractivity contribution in [2.75, 3.05) is 24.7 Å². The Morgan fingerprint density at radius 2 is 0.612 bits per heavy atom. The maximum atomic E-state index is 12.1. The van der Waals surface area contributed by atoms with E-state index in [2.05, 4.69) is 282 Å². The first-order valence-corrected chi connectivity index (χ1v) is 58.1. The zero-order valence-corrected chi connectivity index (χ0v) is 89.6. The van der Waals surface area contributed by atoms with Gasteiger partial charge in [-0.2, -0.15) is 0 Å². The van der Waals surface area contributed by atoms with Crippen LogP contribution >= 0.6 is 0 Å². The van der Waals surface area contributed by atoms with Crippen LogP contribution in [0.4, 0.5) is 0 Å². The number of hydrogen-bond donors (Lipinski definition) is 0. The van der Waals surface area contributed by atoms with Crippen LogP contribution in [0.15, 0.2) is 432 Å². The third-order valence-electron chi connectivity index (χ3n) is 23.7. The van der Waals surface area contributed by atoms with Crippen LogP contribution in [0.1, 0.15) is 203 Å². The normalized spacial score (nSPS) is 12.3. The van der Waals surface area contributed by atoms with Crippen LogP contribution in [0.5, 0.6) is 23.0 Å². The number of benzene rings is 15. The molecule has 0 heterocycles. The molecular weight excluding hydrogens is 1990 g/mol. The Bertz CT molecular complexity index is 6890. The van der Waals surface area contributed by atoms with Crippen molar-refractivity contribution in [2.24, 2.45) is 0 Å². The van der Waals surface area contributed by atoms with Crippen LogP contribution in [0.2, 0.25) is 0 Å². The van der Waals surface area contributed by atoms with Gasteiger partial charge in [0.2, 0.25) is 0 Å². The molecule has 0 spiro atoms. The Balaban J connectivity index is 0.000000191. The average Bonchev–Trinajstić information content (AvgIpc) is 0.820. The van der Waals surface area contributed by atoms with Crippen LogP contribution in [0.25, 0.3) is 10.8 Å². The molecule has 147 heavy (non-hydrogen) atoms. The molecule has 5 unspecified atom stereocenters. The van der Waals surface area contributed by atoms with E-state index in [1.54, 1.807) is 36.4 Å². The number of hydrogen-bond acceptors (Lipinski definition) is 22. The standard InChI is InChI=1S/C18H22O4S.2C18H15S.2C17H18O5S.C17H22O4S.C13H20O4S/c1-3-14(2)17-6-4-5-16(11-17)13-22-12-15-7-9-18(10-8-15)23(19,20)21;2*1-4-10-16(11-5-1)19(17-12-6-2-7-13-17)18-14-8-3-9-15-18;1-3-12(2)13-7-9-15(10-8-13)22-17(18)14-5-4-6-16(11-14)23(19,20)21;1-3-12(2)13-8-10-14(11-9-13)22-17(18)15-6-4-5-7-16(15)23(19,20)21;1-3-13(2)14-5-6-16-12-17(8-7-15(16)11-14)21-9-4-10-22(18,19)20;1-3-11(2)12-6-4-7-13(10-12)17-8-5-9-18(14,15)16/h4-11,14H,3,12-13H2,1-2H3,(H,19,20,21);2*1-15H;2*4-12H,3H2,1-2H3,(H,19,20,21);5-8,11-13H,3-4,9-10H2,1-2H3,(H,18,19,20);4,6-7,10-11H,3,5,8-9H2,1-2H3,(H,14,15,16)/q;2*+1;;;;/p-5. The van der Waals surface area contributed by atoms with Gasteiger partial charge in [-0.1, -0.05) is 294 Å². The lowest BCUT2D eigenvalue weighted by molar-refractivity contribution is 0.0722. The van der Waals surface area contributed by atoms with Crippen LogP contribution < -0.4 is 18.9 Å². The lowest BCUT2D eigenvalue weighted by Crippen LogP contribution is -2.14. The molecule has 0 N–H and O–H groups in total. The molecule has 0 bridgehead atoms. The van der Waals surface area contributed by atoms with Crippen molar-refractivity contribution in [2.45, 2.75) is 201 Å². The molecule has 0 saturated heterocycles. The van der Waals surface area contributed by atoms with Crippen molar-refractivity contribution >= 4 is 95.1 Å². The molecule has 15 aromatic rings. The minimum atomic E-state index is -4.74. The smallest absolute Gasteiger partial charge is 0.344 e. The van der Waals surface area contributed by atoms with Crippen LogP contribution in [-0.4, -0.2) is 102 Å². The van der Waals surface area contributed by atoms with E-state index in [1.165, 1.54) is 88.5 Å². The minimum absolute atomic E-state index is 0.00734. The van der Waals surface area contributed by atoms with Gasteiger partial charge in [-0.25, -0.2) is 51.7 Å². The number of ether oxygens (including phenoxy) is 5. The number of esters is 2. The van der Waals surface area contributed by atoms with E-state index in [0.717, 1.165) is 89.1 Å². The summed E-state index contributed by atoms with van der Waals surface area (Å²) in [6.45, 7) is 22.7. The van der Waals surface area contributed by atoms with Crippen LogP contribution in [-0.2, 0) is 90.3 Å². The summed E-state index contributed by atoms with van der Waals surface area (Å²) in [5.41, 5.74) is 7.77. The second kappa shape index (κ2) is 59.3. The van der Waals surface area contributed by atoms with Crippen LogP contribution in [0, 0.1) is 0 Å². The van der Waals surface area contributed by atoms with Gasteiger partial charge in [0, 0.05) is 11.5 Å². The van der Waals surface area contributed by atoms with Gasteiger partial charge in [-0.15, -0.1) is 0 Å². The van der Waals surface area contributed by atoms with Crippen molar-refractivity contribution in [1.82, 2.24) is 0 Å². The van der Waals surface area contributed by atoms with Gasteiger partial charge >= 0.3 is 11.9 Å². The fraction of sp³-hybridized carbons (Fsp3) is 0.237. The highest BCUT2D eigenvalue weighted by molar-refractivity contribution is 7.97. The second-order valence-corrected chi connectivity index (χ2v) is 45.7. The van der Waals surface area contributed by atoms with Gasteiger partial charge in [0.25, 0.3) is 0 Å². The zero-order chi connectivity index (χ0) is 107. The quantitative estimate of drug-likeness (QED) is 0.0115. The summed E-state index contributed by atoms with van der Waals surface area (Å²) in [7, 11) is -22.1. The Morgan fingerprint density at radius 1 is 0.279 bits per heavy atom. The molecule has 29 heteroatoms. The van der Waals surface area contributed by atoms with E-state index >= 15 is 0 Å². The molecule has 0 aromatic heterocycles. The molecular formula is C118H125O22S7-3. The Kier molecular flexibility index (Phi) is 47.6. The molecule has 0 radical (unpaired) electrons. The lowest BCUT2D eigenvalue weighted by atomic mass is 9.96. The van der Waals surface area contributed by atoms with Crippen molar-refractivity contribution < 1.29 is 98.1 Å². The molecule has 0 aliphatic heterocycles. The summed E-state index contributed by atoms with van der Waals surface area (Å²) in [5, 5.41) is 2.24. The van der Waals surface area contributed by atoms with Crippen molar-refractivity contribution in [3.63, 3.8) is 0 Å². The Labute approximate surface area is 873 Å².